The molecule has 0 fully saturated rings. The molecule has 76 valence electrons. The summed E-state index contributed by atoms with van der Waals surface area (Å²) in [6.45, 7) is 0. The number of carbonyl (C=O) groups is 1. The summed E-state index contributed by atoms with van der Waals surface area (Å²) in [7, 11) is 1.31. The highest BCUT2D eigenvalue weighted by Gasteiger charge is 2.17. The molecule has 1 unspecified atom stereocenters. The van der Waals surface area contributed by atoms with Crippen molar-refractivity contribution in [3.8, 4) is 0 Å². The fraction of sp³-hybridized carbons (Fsp3) is 0.300. The number of ether oxygens (including phenoxy) is 1. The Labute approximate surface area is 92.8 Å². The minimum absolute atomic E-state index is 0.383. The number of alkyl halides is 1. The third-order valence-corrected chi connectivity index (χ3v) is 2.52. The van der Waals surface area contributed by atoms with Gasteiger partial charge in [0, 0.05) is 11.4 Å². The third-order valence-electron chi connectivity index (χ3n) is 1.81. The molecule has 0 aliphatic carbocycles. The van der Waals surface area contributed by atoms with E-state index in [4.69, 9.17) is 23.2 Å². The summed E-state index contributed by atoms with van der Waals surface area (Å²) in [5.74, 6) is -0.438. The first-order valence-electron chi connectivity index (χ1n) is 4.10. The van der Waals surface area contributed by atoms with Gasteiger partial charge in [0.1, 0.15) is 5.38 Å². The van der Waals surface area contributed by atoms with Crippen molar-refractivity contribution in [2.45, 2.75) is 11.8 Å². The van der Waals surface area contributed by atoms with Crippen molar-refractivity contribution in [1.29, 1.82) is 0 Å². The van der Waals surface area contributed by atoms with Crippen LogP contribution in [0.25, 0.3) is 0 Å². The van der Waals surface area contributed by atoms with Crippen LogP contribution in [0.5, 0.6) is 0 Å². The van der Waals surface area contributed by atoms with Gasteiger partial charge in [-0.1, -0.05) is 29.8 Å². The largest absolute Gasteiger partial charge is 0.468 e. The van der Waals surface area contributed by atoms with E-state index >= 15 is 0 Å². The maximum Gasteiger partial charge on any atom is 0.324 e. The molecule has 1 aromatic rings. The SMILES string of the molecule is COC(=O)C(Cl)Cc1ccccc1Cl. The van der Waals surface area contributed by atoms with Crippen molar-refractivity contribution in [3.63, 3.8) is 0 Å². The number of hydrogen-bond donors (Lipinski definition) is 0. The molecule has 0 aliphatic rings. The monoisotopic (exact) mass is 232 g/mol. The maximum absolute atomic E-state index is 11.0. The maximum atomic E-state index is 11.0. The highest BCUT2D eigenvalue weighted by molar-refractivity contribution is 6.32. The molecule has 0 heterocycles. The number of methoxy groups -OCH3 is 1. The fourth-order valence-electron chi connectivity index (χ4n) is 1.07. The molecule has 0 amide bonds. The Morgan fingerprint density at radius 3 is 2.71 bits per heavy atom. The van der Waals surface area contributed by atoms with Crippen LogP contribution in [0, 0.1) is 0 Å². The van der Waals surface area contributed by atoms with Crippen LogP contribution in [0.15, 0.2) is 24.3 Å². The Morgan fingerprint density at radius 1 is 1.50 bits per heavy atom. The molecule has 1 aromatic carbocycles. The molecule has 0 aliphatic heterocycles. The van der Waals surface area contributed by atoms with Gasteiger partial charge < -0.3 is 4.74 Å². The van der Waals surface area contributed by atoms with E-state index in [0.717, 1.165) is 5.56 Å². The van der Waals surface area contributed by atoms with E-state index in [1.54, 1.807) is 6.07 Å². The second-order valence-electron chi connectivity index (χ2n) is 2.79. The second kappa shape index (κ2) is 5.23. The van der Waals surface area contributed by atoms with Gasteiger partial charge in [-0.3, -0.25) is 4.79 Å². The lowest BCUT2D eigenvalue weighted by Crippen LogP contribution is -2.18. The standard InChI is InChI=1S/C10H10Cl2O2/c1-14-10(13)9(12)6-7-4-2-3-5-8(7)11/h2-5,9H,6H2,1H3. The predicted octanol–water partition coefficient (Wildman–Crippen LogP) is 2.66. The zero-order chi connectivity index (χ0) is 10.6. The number of esters is 1. The van der Waals surface area contributed by atoms with Crippen LogP contribution in [0.2, 0.25) is 5.02 Å². The summed E-state index contributed by atoms with van der Waals surface area (Å²) in [6.07, 6.45) is 0.383. The predicted molar refractivity (Wildman–Crippen MR) is 56.8 cm³/mol. The molecular formula is C10H10Cl2O2. The molecule has 0 saturated heterocycles. The van der Waals surface area contributed by atoms with E-state index in [1.165, 1.54) is 7.11 Å². The first-order chi connectivity index (χ1) is 6.65. The Hall–Kier alpha value is -0.730. The Bertz CT molecular complexity index is 326. The number of hydrogen-bond acceptors (Lipinski definition) is 2. The summed E-state index contributed by atoms with van der Waals surface area (Å²) in [5.41, 5.74) is 0.847. The summed E-state index contributed by atoms with van der Waals surface area (Å²) in [5, 5.41) is -0.0676. The zero-order valence-corrected chi connectivity index (χ0v) is 9.18. The van der Waals surface area contributed by atoms with Crippen LogP contribution < -0.4 is 0 Å². The van der Waals surface area contributed by atoms with Gasteiger partial charge in [-0.2, -0.15) is 0 Å². The number of halogens is 2. The van der Waals surface area contributed by atoms with Gasteiger partial charge in [-0.25, -0.2) is 0 Å². The minimum Gasteiger partial charge on any atom is -0.468 e. The molecule has 0 spiro atoms. The first-order valence-corrected chi connectivity index (χ1v) is 4.92. The van der Waals surface area contributed by atoms with E-state index in [0.29, 0.717) is 11.4 Å². The molecule has 0 aromatic heterocycles. The van der Waals surface area contributed by atoms with E-state index in [9.17, 15) is 4.79 Å². The Balaban J connectivity index is 2.69. The van der Waals surface area contributed by atoms with E-state index < -0.39 is 11.3 Å². The van der Waals surface area contributed by atoms with Crippen LogP contribution in [-0.4, -0.2) is 18.5 Å². The first kappa shape index (κ1) is 11.3. The van der Waals surface area contributed by atoms with E-state index in [2.05, 4.69) is 4.74 Å². The smallest absolute Gasteiger partial charge is 0.324 e. The van der Waals surface area contributed by atoms with Gasteiger partial charge in [0.2, 0.25) is 0 Å². The molecule has 4 heteroatoms. The van der Waals surface area contributed by atoms with Crippen molar-refractivity contribution >= 4 is 29.2 Å². The van der Waals surface area contributed by atoms with Crippen molar-refractivity contribution in [1.82, 2.24) is 0 Å². The van der Waals surface area contributed by atoms with Gasteiger partial charge in [-0.05, 0) is 11.6 Å². The molecule has 0 N–H and O–H groups in total. The Morgan fingerprint density at radius 2 is 2.14 bits per heavy atom. The summed E-state index contributed by atoms with van der Waals surface area (Å²) >= 11 is 11.7. The van der Waals surface area contributed by atoms with Gasteiger partial charge in [0.05, 0.1) is 7.11 Å². The lowest BCUT2D eigenvalue weighted by Gasteiger charge is -2.08. The third kappa shape index (κ3) is 2.89. The summed E-state index contributed by atoms with van der Waals surface area (Å²) < 4.78 is 4.51. The van der Waals surface area contributed by atoms with E-state index in [1.807, 2.05) is 18.2 Å². The molecule has 2 nitrogen and oxygen atoms in total. The molecular weight excluding hydrogens is 223 g/mol. The van der Waals surface area contributed by atoms with Crippen LogP contribution in [0.4, 0.5) is 0 Å². The normalized spacial score (nSPS) is 12.2. The molecule has 0 radical (unpaired) electrons. The fourth-order valence-corrected chi connectivity index (χ4v) is 1.54. The van der Waals surface area contributed by atoms with Crippen molar-refractivity contribution in [2.24, 2.45) is 0 Å². The van der Waals surface area contributed by atoms with Crippen LogP contribution >= 0.6 is 23.2 Å². The second-order valence-corrected chi connectivity index (χ2v) is 3.72. The quantitative estimate of drug-likeness (QED) is 0.592. The van der Waals surface area contributed by atoms with Gasteiger partial charge in [0.15, 0.2) is 0 Å². The van der Waals surface area contributed by atoms with Crippen molar-refractivity contribution < 1.29 is 9.53 Å². The molecule has 14 heavy (non-hydrogen) atoms. The van der Waals surface area contributed by atoms with Crippen LogP contribution in [0.1, 0.15) is 5.56 Å². The highest BCUT2D eigenvalue weighted by atomic mass is 35.5. The molecule has 0 saturated carbocycles. The van der Waals surface area contributed by atoms with Crippen molar-refractivity contribution in [3.05, 3.63) is 34.9 Å². The summed E-state index contributed by atoms with van der Waals surface area (Å²) in [4.78, 5) is 11.0. The minimum atomic E-state index is -0.681. The zero-order valence-electron chi connectivity index (χ0n) is 7.67. The lowest BCUT2D eigenvalue weighted by atomic mass is 10.1. The van der Waals surface area contributed by atoms with Crippen LogP contribution in [0.3, 0.4) is 0 Å². The van der Waals surface area contributed by atoms with Gasteiger partial charge >= 0.3 is 5.97 Å². The van der Waals surface area contributed by atoms with Crippen LogP contribution in [-0.2, 0) is 16.0 Å². The number of carbonyl (C=O) groups excluding carboxylic acids is 1. The lowest BCUT2D eigenvalue weighted by molar-refractivity contribution is -0.140. The Kier molecular flexibility index (Phi) is 4.23. The number of benzene rings is 1. The molecule has 1 atom stereocenters. The highest BCUT2D eigenvalue weighted by Crippen LogP contribution is 2.18. The average molecular weight is 233 g/mol. The van der Waals surface area contributed by atoms with Gasteiger partial charge in [0.25, 0.3) is 0 Å². The topological polar surface area (TPSA) is 26.3 Å². The van der Waals surface area contributed by atoms with E-state index in [-0.39, 0.29) is 0 Å². The average Bonchev–Trinajstić information content (AvgIpc) is 2.20. The number of rotatable bonds is 3. The molecule has 0 bridgehead atoms. The summed E-state index contributed by atoms with van der Waals surface area (Å²) in [6, 6.07) is 7.27. The van der Waals surface area contributed by atoms with Gasteiger partial charge in [-0.15, -0.1) is 11.6 Å². The molecule has 1 rings (SSSR count). The van der Waals surface area contributed by atoms with Crippen molar-refractivity contribution in [2.75, 3.05) is 7.11 Å².